The van der Waals surface area contributed by atoms with Gasteiger partial charge in [-0.1, -0.05) is 25.4 Å². The van der Waals surface area contributed by atoms with Crippen LogP contribution < -0.4 is 5.32 Å². The van der Waals surface area contributed by atoms with E-state index in [1.807, 2.05) is 11.8 Å². The van der Waals surface area contributed by atoms with Gasteiger partial charge in [-0.05, 0) is 35.8 Å². The number of rotatable bonds is 2. The third kappa shape index (κ3) is 3.98. The van der Waals surface area contributed by atoms with Crippen molar-refractivity contribution in [2.75, 3.05) is 16.8 Å². The van der Waals surface area contributed by atoms with Gasteiger partial charge in [-0.3, -0.25) is 0 Å². The molecule has 1 fully saturated rings. The zero-order chi connectivity index (χ0) is 15.0. The van der Waals surface area contributed by atoms with E-state index < -0.39 is 11.7 Å². The van der Waals surface area contributed by atoms with Gasteiger partial charge in [0.1, 0.15) is 0 Å². The molecule has 0 spiro atoms. The van der Waals surface area contributed by atoms with Gasteiger partial charge in [0.25, 0.3) is 0 Å². The van der Waals surface area contributed by atoms with Gasteiger partial charge in [-0.15, -0.1) is 0 Å². The number of alkyl halides is 3. The molecule has 0 aromatic heterocycles. The first kappa shape index (κ1) is 15.8. The molecule has 20 heavy (non-hydrogen) atoms. The van der Waals surface area contributed by atoms with E-state index in [4.69, 9.17) is 11.6 Å². The van der Waals surface area contributed by atoms with Crippen LogP contribution in [0, 0.1) is 5.41 Å². The maximum Gasteiger partial charge on any atom is 0.416 e. The fourth-order valence-electron chi connectivity index (χ4n) is 2.39. The molecule has 2 rings (SSSR count). The molecule has 1 atom stereocenters. The molecule has 1 N–H and O–H groups in total. The number of nitrogens with one attached hydrogen (secondary N) is 1. The maximum atomic E-state index is 12.7. The van der Waals surface area contributed by atoms with Crippen molar-refractivity contribution in [2.24, 2.45) is 5.41 Å². The van der Waals surface area contributed by atoms with Crippen molar-refractivity contribution < 1.29 is 13.2 Å². The summed E-state index contributed by atoms with van der Waals surface area (Å²) in [6, 6.07) is 3.54. The van der Waals surface area contributed by atoms with Gasteiger partial charge in [0.2, 0.25) is 0 Å². The highest BCUT2D eigenvalue weighted by Gasteiger charge is 2.32. The Morgan fingerprint density at radius 2 is 2.05 bits per heavy atom. The minimum absolute atomic E-state index is 0.143. The highest BCUT2D eigenvalue weighted by Crippen LogP contribution is 2.37. The number of benzene rings is 1. The molecule has 6 heteroatoms. The molecule has 0 amide bonds. The summed E-state index contributed by atoms with van der Waals surface area (Å²) < 4.78 is 38.2. The normalized spacial score (nSPS) is 22.6. The van der Waals surface area contributed by atoms with Gasteiger partial charge < -0.3 is 5.32 Å². The average Bonchev–Trinajstić information content (AvgIpc) is 2.29. The summed E-state index contributed by atoms with van der Waals surface area (Å²) in [5.41, 5.74) is -0.119. The van der Waals surface area contributed by atoms with Crippen LogP contribution in [0.2, 0.25) is 5.02 Å². The lowest BCUT2D eigenvalue weighted by atomic mass is 9.88. The Bertz CT molecular complexity index is 488. The van der Waals surface area contributed by atoms with Crippen LogP contribution in [0.1, 0.15) is 25.8 Å². The van der Waals surface area contributed by atoms with Crippen molar-refractivity contribution in [3.8, 4) is 0 Å². The fraction of sp³-hybridized carbons (Fsp3) is 0.571. The molecule has 1 aromatic rings. The minimum Gasteiger partial charge on any atom is -0.380 e. The topological polar surface area (TPSA) is 12.0 Å². The summed E-state index contributed by atoms with van der Waals surface area (Å²) in [5.74, 6) is 1.96. The van der Waals surface area contributed by atoms with Crippen LogP contribution in [0.25, 0.3) is 0 Å². The van der Waals surface area contributed by atoms with E-state index in [-0.39, 0.29) is 11.5 Å². The van der Waals surface area contributed by atoms with E-state index in [1.165, 1.54) is 6.07 Å². The van der Waals surface area contributed by atoms with E-state index in [0.717, 1.165) is 30.1 Å². The molecule has 1 nitrogen and oxygen atoms in total. The van der Waals surface area contributed by atoms with Crippen molar-refractivity contribution in [2.45, 2.75) is 32.5 Å². The van der Waals surface area contributed by atoms with Crippen molar-refractivity contribution in [1.82, 2.24) is 0 Å². The SMILES string of the molecule is CC1(C)CSCC(Nc2cc(C(F)(F)F)ccc2Cl)C1. The van der Waals surface area contributed by atoms with Crippen molar-refractivity contribution in [3.05, 3.63) is 28.8 Å². The third-order valence-corrected chi connectivity index (χ3v) is 5.22. The highest BCUT2D eigenvalue weighted by molar-refractivity contribution is 7.99. The molecule has 0 aliphatic carbocycles. The Labute approximate surface area is 126 Å². The Hall–Kier alpha value is -0.550. The first-order valence-electron chi connectivity index (χ1n) is 6.38. The lowest BCUT2D eigenvalue weighted by Crippen LogP contribution is -2.35. The van der Waals surface area contributed by atoms with Gasteiger partial charge in [-0.2, -0.15) is 24.9 Å². The Morgan fingerprint density at radius 1 is 1.35 bits per heavy atom. The predicted molar refractivity (Wildman–Crippen MR) is 79.6 cm³/mol. The Kier molecular flexibility index (Phi) is 4.50. The third-order valence-electron chi connectivity index (χ3n) is 3.26. The maximum absolute atomic E-state index is 12.7. The lowest BCUT2D eigenvalue weighted by Gasteiger charge is -2.35. The fourth-order valence-corrected chi connectivity index (χ4v) is 3.83. The van der Waals surface area contributed by atoms with Gasteiger partial charge in [-0.25, -0.2) is 0 Å². The van der Waals surface area contributed by atoms with Crippen molar-refractivity contribution >= 4 is 29.1 Å². The van der Waals surface area contributed by atoms with Crippen molar-refractivity contribution in [1.29, 1.82) is 0 Å². The van der Waals surface area contributed by atoms with Crippen LogP contribution in [-0.2, 0) is 6.18 Å². The second-order valence-electron chi connectivity index (χ2n) is 5.92. The monoisotopic (exact) mass is 323 g/mol. The first-order valence-corrected chi connectivity index (χ1v) is 7.92. The summed E-state index contributed by atoms with van der Waals surface area (Å²) >= 11 is 7.82. The predicted octanol–water partition coefficient (Wildman–Crippen LogP) is 5.30. The molecule has 0 radical (unpaired) electrons. The standard InChI is InChI=1S/C14H17ClF3NS/c1-13(2)6-10(7-20-8-13)19-12-5-9(14(16,17)18)3-4-11(12)15/h3-5,10,19H,6-8H2,1-2H3. The molecule has 1 aliphatic rings. The number of anilines is 1. The summed E-state index contributed by atoms with van der Waals surface area (Å²) in [4.78, 5) is 0. The van der Waals surface area contributed by atoms with Crippen LogP contribution in [-0.4, -0.2) is 17.5 Å². The summed E-state index contributed by atoms with van der Waals surface area (Å²) in [6.45, 7) is 4.34. The molecule has 112 valence electrons. The van der Waals surface area contributed by atoms with Crippen molar-refractivity contribution in [3.63, 3.8) is 0 Å². The number of halogens is 4. The van der Waals surface area contributed by atoms with Gasteiger partial charge in [0.15, 0.2) is 0 Å². The van der Waals surface area contributed by atoms with Crippen LogP contribution in [0.4, 0.5) is 18.9 Å². The summed E-state index contributed by atoms with van der Waals surface area (Å²) in [7, 11) is 0. The summed E-state index contributed by atoms with van der Waals surface area (Å²) in [6.07, 6.45) is -3.42. The van der Waals surface area contributed by atoms with Crippen LogP contribution in [0.3, 0.4) is 0 Å². The lowest BCUT2D eigenvalue weighted by molar-refractivity contribution is -0.137. The van der Waals surface area contributed by atoms with Gasteiger partial charge in [0.05, 0.1) is 16.3 Å². The number of thioether (sulfide) groups is 1. The van der Waals surface area contributed by atoms with Crippen LogP contribution in [0.5, 0.6) is 0 Å². The zero-order valence-corrected chi connectivity index (χ0v) is 12.9. The molecule has 0 bridgehead atoms. The zero-order valence-electron chi connectivity index (χ0n) is 11.4. The highest BCUT2D eigenvalue weighted by atomic mass is 35.5. The molecule has 1 unspecified atom stereocenters. The molecule has 1 aromatic carbocycles. The molecular weight excluding hydrogens is 307 g/mol. The van der Waals surface area contributed by atoms with Crippen LogP contribution in [0.15, 0.2) is 18.2 Å². The number of hydrogen-bond donors (Lipinski definition) is 1. The Morgan fingerprint density at radius 3 is 2.65 bits per heavy atom. The van der Waals surface area contributed by atoms with E-state index in [1.54, 1.807) is 0 Å². The molecule has 1 saturated heterocycles. The van der Waals surface area contributed by atoms with E-state index in [0.29, 0.717) is 10.7 Å². The molecule has 1 aliphatic heterocycles. The van der Waals surface area contributed by atoms with Gasteiger partial charge in [0, 0.05) is 11.8 Å². The number of hydrogen-bond acceptors (Lipinski definition) is 2. The average molecular weight is 324 g/mol. The second kappa shape index (κ2) is 5.68. The van der Waals surface area contributed by atoms with Crippen LogP contribution >= 0.6 is 23.4 Å². The quantitative estimate of drug-likeness (QED) is 0.792. The first-order chi connectivity index (χ1) is 9.17. The molecule has 0 saturated carbocycles. The minimum atomic E-state index is -4.35. The Balaban J connectivity index is 2.16. The second-order valence-corrected chi connectivity index (χ2v) is 7.35. The summed E-state index contributed by atoms with van der Waals surface area (Å²) in [5, 5.41) is 3.49. The molecular formula is C14H17ClF3NS. The molecule has 1 heterocycles. The largest absolute Gasteiger partial charge is 0.416 e. The van der Waals surface area contributed by atoms with E-state index in [2.05, 4.69) is 19.2 Å². The van der Waals surface area contributed by atoms with E-state index in [9.17, 15) is 13.2 Å². The van der Waals surface area contributed by atoms with E-state index >= 15 is 0 Å². The van der Waals surface area contributed by atoms with Gasteiger partial charge >= 0.3 is 6.18 Å². The smallest absolute Gasteiger partial charge is 0.380 e.